The van der Waals surface area contributed by atoms with Crippen LogP contribution in [0.4, 0.5) is 10.1 Å². The Balaban J connectivity index is 2.03. The average molecular weight is 308 g/mol. The molecule has 2 aromatic rings. The molecule has 5 heteroatoms. The second-order valence-electron chi connectivity index (χ2n) is 4.47. The maximum absolute atomic E-state index is 12.8. The van der Waals surface area contributed by atoms with Gasteiger partial charge in [0, 0.05) is 10.7 Å². The van der Waals surface area contributed by atoms with Gasteiger partial charge >= 0.3 is 0 Å². The van der Waals surface area contributed by atoms with Gasteiger partial charge in [-0.2, -0.15) is 0 Å². The number of halogens is 2. The highest BCUT2D eigenvalue weighted by Crippen LogP contribution is 2.20. The second kappa shape index (κ2) is 7.09. The Kier molecular flexibility index (Phi) is 5.17. The van der Waals surface area contributed by atoms with Gasteiger partial charge in [-0.15, -0.1) is 0 Å². The number of anilines is 1. The Morgan fingerprint density at radius 3 is 2.62 bits per heavy atom. The largest absolute Gasteiger partial charge is 0.481 e. The fourth-order valence-corrected chi connectivity index (χ4v) is 1.96. The fourth-order valence-electron chi connectivity index (χ4n) is 1.78. The van der Waals surface area contributed by atoms with E-state index >= 15 is 0 Å². The van der Waals surface area contributed by atoms with E-state index in [4.69, 9.17) is 16.3 Å². The van der Waals surface area contributed by atoms with Crippen molar-refractivity contribution in [2.45, 2.75) is 19.4 Å². The average Bonchev–Trinajstić information content (AvgIpc) is 2.47. The molecule has 0 saturated carbocycles. The molecule has 3 nitrogen and oxygen atoms in total. The molecular formula is C16H15ClFNO2. The summed E-state index contributed by atoms with van der Waals surface area (Å²) >= 11 is 5.88. The lowest BCUT2D eigenvalue weighted by molar-refractivity contribution is -0.122. The highest BCUT2D eigenvalue weighted by molar-refractivity contribution is 6.30. The molecule has 0 bridgehead atoms. The summed E-state index contributed by atoms with van der Waals surface area (Å²) in [4.78, 5) is 12.2. The van der Waals surface area contributed by atoms with Crippen LogP contribution < -0.4 is 10.1 Å². The molecule has 0 radical (unpaired) electrons. The second-order valence-corrected chi connectivity index (χ2v) is 4.90. The van der Waals surface area contributed by atoms with Gasteiger partial charge in [-0.3, -0.25) is 4.79 Å². The van der Waals surface area contributed by atoms with Gasteiger partial charge in [0.2, 0.25) is 0 Å². The highest BCUT2D eigenvalue weighted by Gasteiger charge is 2.18. The van der Waals surface area contributed by atoms with Crippen LogP contribution in [0.25, 0.3) is 0 Å². The Morgan fingerprint density at radius 1 is 1.29 bits per heavy atom. The van der Waals surface area contributed by atoms with Crippen molar-refractivity contribution < 1.29 is 13.9 Å². The van der Waals surface area contributed by atoms with Crippen molar-refractivity contribution >= 4 is 23.2 Å². The molecule has 0 aliphatic carbocycles. The van der Waals surface area contributed by atoms with Crippen molar-refractivity contribution in [2.75, 3.05) is 5.32 Å². The van der Waals surface area contributed by atoms with E-state index in [1.54, 1.807) is 24.3 Å². The molecule has 0 spiro atoms. The standard InChI is InChI=1S/C16H15ClFNO2/c1-2-15(21-14-5-3-4-11(17)10-14)16(20)19-13-8-6-12(18)7-9-13/h3-10,15H,2H2,1H3,(H,19,20)/t15-/m0/s1. The van der Waals surface area contributed by atoms with E-state index in [0.29, 0.717) is 22.9 Å². The van der Waals surface area contributed by atoms with Crippen molar-refractivity contribution in [1.82, 2.24) is 0 Å². The number of rotatable bonds is 5. The molecule has 0 aromatic heterocycles. The van der Waals surface area contributed by atoms with E-state index in [1.165, 1.54) is 24.3 Å². The van der Waals surface area contributed by atoms with Crippen LogP contribution in [-0.2, 0) is 4.79 Å². The van der Waals surface area contributed by atoms with Crippen LogP contribution in [0.15, 0.2) is 48.5 Å². The first-order valence-electron chi connectivity index (χ1n) is 6.57. The Bertz CT molecular complexity index is 616. The molecule has 110 valence electrons. The summed E-state index contributed by atoms with van der Waals surface area (Å²) in [5.41, 5.74) is 0.523. The van der Waals surface area contributed by atoms with Crippen LogP contribution in [-0.4, -0.2) is 12.0 Å². The van der Waals surface area contributed by atoms with Crippen LogP contribution in [0.5, 0.6) is 5.75 Å². The quantitative estimate of drug-likeness (QED) is 0.895. The molecule has 0 aliphatic rings. The first-order valence-corrected chi connectivity index (χ1v) is 6.95. The van der Waals surface area contributed by atoms with E-state index in [2.05, 4.69) is 5.32 Å². The molecule has 0 aliphatic heterocycles. The van der Waals surface area contributed by atoms with Gasteiger partial charge in [0.05, 0.1) is 0 Å². The van der Waals surface area contributed by atoms with Gasteiger partial charge in [0.25, 0.3) is 5.91 Å². The third-order valence-corrected chi connectivity index (χ3v) is 3.08. The van der Waals surface area contributed by atoms with Crippen LogP contribution in [0, 0.1) is 5.82 Å². The lowest BCUT2D eigenvalue weighted by atomic mass is 10.2. The summed E-state index contributed by atoms with van der Waals surface area (Å²) in [5.74, 6) is -0.108. The first kappa shape index (κ1) is 15.3. The SMILES string of the molecule is CC[C@H](Oc1cccc(Cl)c1)C(=O)Nc1ccc(F)cc1. The predicted molar refractivity (Wildman–Crippen MR) is 81.2 cm³/mol. The van der Waals surface area contributed by atoms with E-state index in [-0.39, 0.29) is 11.7 Å². The third-order valence-electron chi connectivity index (χ3n) is 2.85. The topological polar surface area (TPSA) is 38.3 Å². The van der Waals surface area contributed by atoms with Gasteiger partial charge in [-0.05, 0) is 48.9 Å². The van der Waals surface area contributed by atoms with Crippen LogP contribution >= 0.6 is 11.6 Å². The third kappa shape index (κ3) is 4.46. The van der Waals surface area contributed by atoms with E-state index in [1.807, 2.05) is 6.92 Å². The van der Waals surface area contributed by atoms with Gasteiger partial charge < -0.3 is 10.1 Å². The molecule has 0 saturated heterocycles. The monoisotopic (exact) mass is 307 g/mol. The zero-order valence-corrected chi connectivity index (χ0v) is 12.2. The van der Waals surface area contributed by atoms with Crippen LogP contribution in [0.3, 0.4) is 0 Å². The van der Waals surface area contributed by atoms with Gasteiger partial charge in [0.15, 0.2) is 6.10 Å². The lowest BCUT2D eigenvalue weighted by Crippen LogP contribution is -2.32. The number of amides is 1. The molecule has 2 rings (SSSR count). The molecular weight excluding hydrogens is 293 g/mol. The minimum Gasteiger partial charge on any atom is -0.481 e. The maximum Gasteiger partial charge on any atom is 0.265 e. The Labute approximate surface area is 127 Å². The molecule has 0 unspecified atom stereocenters. The first-order chi connectivity index (χ1) is 10.1. The number of hydrogen-bond donors (Lipinski definition) is 1. The number of carbonyl (C=O) groups is 1. The summed E-state index contributed by atoms with van der Waals surface area (Å²) in [5, 5.41) is 3.23. The molecule has 1 atom stereocenters. The van der Waals surface area contributed by atoms with Crippen molar-refractivity contribution in [3.8, 4) is 5.75 Å². The number of benzene rings is 2. The fraction of sp³-hybridized carbons (Fsp3) is 0.188. The minimum absolute atomic E-state index is 0.288. The number of ether oxygens (including phenoxy) is 1. The predicted octanol–water partition coefficient (Wildman–Crippen LogP) is 4.28. The Hall–Kier alpha value is -2.07. The van der Waals surface area contributed by atoms with Crippen LogP contribution in [0.1, 0.15) is 13.3 Å². The number of nitrogens with one attached hydrogen (secondary N) is 1. The molecule has 1 N–H and O–H groups in total. The van der Waals surface area contributed by atoms with Crippen LogP contribution in [0.2, 0.25) is 5.02 Å². The zero-order valence-electron chi connectivity index (χ0n) is 11.5. The van der Waals surface area contributed by atoms with Gasteiger partial charge in [0.1, 0.15) is 11.6 Å². The van der Waals surface area contributed by atoms with Crippen molar-refractivity contribution in [3.05, 3.63) is 59.4 Å². The smallest absolute Gasteiger partial charge is 0.265 e. The van der Waals surface area contributed by atoms with E-state index in [0.717, 1.165) is 0 Å². The molecule has 2 aromatic carbocycles. The number of hydrogen-bond acceptors (Lipinski definition) is 2. The molecule has 0 fully saturated rings. The number of carbonyl (C=O) groups excluding carboxylic acids is 1. The molecule has 21 heavy (non-hydrogen) atoms. The lowest BCUT2D eigenvalue weighted by Gasteiger charge is -2.17. The van der Waals surface area contributed by atoms with Gasteiger partial charge in [-0.25, -0.2) is 4.39 Å². The zero-order chi connectivity index (χ0) is 15.2. The van der Waals surface area contributed by atoms with Crippen molar-refractivity contribution in [1.29, 1.82) is 0 Å². The van der Waals surface area contributed by atoms with E-state index < -0.39 is 6.10 Å². The molecule has 1 amide bonds. The van der Waals surface area contributed by atoms with Crippen molar-refractivity contribution in [2.24, 2.45) is 0 Å². The highest BCUT2D eigenvalue weighted by atomic mass is 35.5. The summed E-state index contributed by atoms with van der Waals surface area (Å²) < 4.78 is 18.5. The van der Waals surface area contributed by atoms with Crippen molar-refractivity contribution in [3.63, 3.8) is 0 Å². The minimum atomic E-state index is -0.645. The summed E-state index contributed by atoms with van der Waals surface area (Å²) in [6, 6.07) is 12.4. The molecule has 0 heterocycles. The Morgan fingerprint density at radius 2 is 2.00 bits per heavy atom. The summed E-state index contributed by atoms with van der Waals surface area (Å²) in [7, 11) is 0. The normalized spacial score (nSPS) is 11.8. The van der Waals surface area contributed by atoms with E-state index in [9.17, 15) is 9.18 Å². The maximum atomic E-state index is 12.8. The summed E-state index contributed by atoms with van der Waals surface area (Å²) in [6.45, 7) is 1.85. The summed E-state index contributed by atoms with van der Waals surface area (Å²) in [6.07, 6.45) is -0.145. The van der Waals surface area contributed by atoms with Gasteiger partial charge in [-0.1, -0.05) is 24.6 Å².